The maximum absolute atomic E-state index is 12.5. The first-order valence-corrected chi connectivity index (χ1v) is 9.52. The molecule has 0 radical (unpaired) electrons. The Hall–Kier alpha value is -1.48. The summed E-state index contributed by atoms with van der Waals surface area (Å²) in [5.74, 6) is -0.295. The molecule has 0 heterocycles. The fourth-order valence-electron chi connectivity index (χ4n) is 2.91. The molecular formula is C16H25N3O4S. The van der Waals surface area contributed by atoms with Gasteiger partial charge in [0.1, 0.15) is 0 Å². The largest absolute Gasteiger partial charge is 0.383 e. The number of rotatable bonds is 8. The number of benzene rings is 1. The van der Waals surface area contributed by atoms with Crippen LogP contribution in [0.25, 0.3) is 0 Å². The average Bonchev–Trinajstić information content (AvgIpc) is 3.04. The van der Waals surface area contributed by atoms with Gasteiger partial charge in [0, 0.05) is 25.8 Å². The number of ether oxygens (including phenoxy) is 1. The molecule has 1 fully saturated rings. The minimum atomic E-state index is -3.67. The summed E-state index contributed by atoms with van der Waals surface area (Å²) in [6.45, 7) is 0.833. The third-order valence-corrected chi connectivity index (χ3v) is 5.79. The first-order chi connectivity index (χ1) is 11.4. The van der Waals surface area contributed by atoms with Gasteiger partial charge in [0.2, 0.25) is 10.0 Å². The number of methoxy groups -OCH3 is 1. The lowest BCUT2D eigenvalue weighted by Gasteiger charge is -2.28. The average molecular weight is 355 g/mol. The Kier molecular flexibility index (Phi) is 6.34. The van der Waals surface area contributed by atoms with Gasteiger partial charge in [-0.3, -0.25) is 4.79 Å². The van der Waals surface area contributed by atoms with Gasteiger partial charge in [-0.1, -0.05) is 18.9 Å². The van der Waals surface area contributed by atoms with E-state index in [1.807, 2.05) is 0 Å². The molecule has 0 spiro atoms. The molecule has 1 amide bonds. The highest BCUT2D eigenvalue weighted by Crippen LogP contribution is 2.29. The molecule has 1 aliphatic carbocycles. The van der Waals surface area contributed by atoms with Gasteiger partial charge in [0.25, 0.3) is 5.91 Å². The minimum Gasteiger partial charge on any atom is -0.383 e. The molecule has 0 aliphatic heterocycles. The highest BCUT2D eigenvalue weighted by Gasteiger charge is 2.34. The summed E-state index contributed by atoms with van der Waals surface area (Å²) < 4.78 is 31.7. The normalized spacial score (nSPS) is 16.9. The number of hydrogen-bond acceptors (Lipinski definition) is 5. The zero-order valence-corrected chi connectivity index (χ0v) is 14.7. The van der Waals surface area contributed by atoms with Crippen LogP contribution in [0.4, 0.5) is 0 Å². The Morgan fingerprint density at radius 1 is 1.33 bits per heavy atom. The second-order valence-electron chi connectivity index (χ2n) is 6.06. The number of nitrogens with one attached hydrogen (secondary N) is 2. The second-order valence-corrected chi connectivity index (χ2v) is 7.83. The molecule has 1 aromatic carbocycles. The Labute approximate surface area is 143 Å². The quantitative estimate of drug-likeness (QED) is 0.592. The van der Waals surface area contributed by atoms with Gasteiger partial charge in [0.15, 0.2) is 0 Å². The monoisotopic (exact) mass is 355 g/mol. The van der Waals surface area contributed by atoms with Crippen LogP contribution in [0.1, 0.15) is 36.0 Å². The van der Waals surface area contributed by atoms with Crippen molar-refractivity contribution in [2.45, 2.75) is 36.1 Å². The number of amides is 1. The number of sulfonamides is 1. The molecular weight excluding hydrogens is 330 g/mol. The number of hydrogen-bond donors (Lipinski definition) is 3. The van der Waals surface area contributed by atoms with E-state index in [1.165, 1.54) is 19.2 Å². The van der Waals surface area contributed by atoms with Crippen molar-refractivity contribution in [3.63, 3.8) is 0 Å². The summed E-state index contributed by atoms with van der Waals surface area (Å²) in [7, 11) is -2.18. The van der Waals surface area contributed by atoms with Crippen molar-refractivity contribution in [2.75, 3.05) is 26.8 Å². The van der Waals surface area contributed by atoms with E-state index in [-0.39, 0.29) is 29.5 Å². The molecule has 0 atom stereocenters. The highest BCUT2D eigenvalue weighted by atomic mass is 32.2. The molecule has 24 heavy (non-hydrogen) atoms. The molecule has 1 aromatic rings. The summed E-state index contributed by atoms with van der Waals surface area (Å²) in [5, 5.41) is 2.99. The smallest absolute Gasteiger partial charge is 0.251 e. The zero-order chi connectivity index (χ0) is 17.6. The summed E-state index contributed by atoms with van der Waals surface area (Å²) in [6.07, 6.45) is 3.78. The highest BCUT2D eigenvalue weighted by molar-refractivity contribution is 7.89. The molecule has 2 rings (SSSR count). The molecule has 134 valence electrons. The molecule has 8 heteroatoms. The van der Waals surface area contributed by atoms with E-state index in [1.54, 1.807) is 12.1 Å². The summed E-state index contributed by atoms with van der Waals surface area (Å²) in [4.78, 5) is 12.6. The molecule has 0 aromatic heterocycles. The van der Waals surface area contributed by atoms with Crippen LogP contribution in [0.3, 0.4) is 0 Å². The van der Waals surface area contributed by atoms with Gasteiger partial charge < -0.3 is 15.8 Å². The van der Waals surface area contributed by atoms with Gasteiger partial charge in [-0.15, -0.1) is 0 Å². The van der Waals surface area contributed by atoms with Crippen LogP contribution in [0.2, 0.25) is 0 Å². The van der Waals surface area contributed by atoms with Crippen LogP contribution < -0.4 is 15.8 Å². The van der Waals surface area contributed by atoms with Crippen molar-refractivity contribution < 1.29 is 17.9 Å². The zero-order valence-electron chi connectivity index (χ0n) is 13.9. The van der Waals surface area contributed by atoms with Crippen molar-refractivity contribution in [3.8, 4) is 0 Å². The van der Waals surface area contributed by atoms with Crippen LogP contribution in [0.5, 0.6) is 0 Å². The van der Waals surface area contributed by atoms with Crippen molar-refractivity contribution >= 4 is 15.9 Å². The van der Waals surface area contributed by atoms with Crippen LogP contribution in [-0.4, -0.2) is 46.7 Å². The van der Waals surface area contributed by atoms with Crippen LogP contribution in [0.15, 0.2) is 29.2 Å². The molecule has 1 saturated carbocycles. The van der Waals surface area contributed by atoms with Crippen molar-refractivity contribution in [1.29, 1.82) is 0 Å². The van der Waals surface area contributed by atoms with Gasteiger partial charge in [-0.25, -0.2) is 13.1 Å². The van der Waals surface area contributed by atoms with Crippen molar-refractivity contribution in [3.05, 3.63) is 29.8 Å². The fraction of sp³-hybridized carbons (Fsp3) is 0.562. The second kappa shape index (κ2) is 8.06. The number of carbonyl (C=O) groups excluding carboxylic acids is 1. The summed E-state index contributed by atoms with van der Waals surface area (Å²) >= 11 is 0. The predicted molar refractivity (Wildman–Crippen MR) is 91.2 cm³/mol. The third kappa shape index (κ3) is 4.54. The van der Waals surface area contributed by atoms with E-state index in [2.05, 4.69) is 10.0 Å². The van der Waals surface area contributed by atoms with Crippen molar-refractivity contribution in [1.82, 2.24) is 10.0 Å². The molecule has 4 N–H and O–H groups in total. The molecule has 1 aliphatic rings. The molecule has 0 unspecified atom stereocenters. The Morgan fingerprint density at radius 3 is 2.67 bits per heavy atom. The Balaban J connectivity index is 2.13. The van der Waals surface area contributed by atoms with Gasteiger partial charge in [-0.2, -0.15) is 0 Å². The van der Waals surface area contributed by atoms with Gasteiger partial charge >= 0.3 is 0 Å². The van der Waals surface area contributed by atoms with Crippen molar-refractivity contribution in [2.24, 2.45) is 5.73 Å². The van der Waals surface area contributed by atoms with Gasteiger partial charge in [0.05, 0.1) is 17.0 Å². The molecule has 7 nitrogen and oxygen atoms in total. The van der Waals surface area contributed by atoms with E-state index in [0.717, 1.165) is 25.7 Å². The molecule has 0 saturated heterocycles. The summed E-state index contributed by atoms with van der Waals surface area (Å²) in [5.41, 5.74) is 5.77. The van der Waals surface area contributed by atoms with E-state index >= 15 is 0 Å². The van der Waals surface area contributed by atoms with Crippen LogP contribution in [-0.2, 0) is 14.8 Å². The van der Waals surface area contributed by atoms with E-state index < -0.39 is 10.0 Å². The SMILES string of the molecule is COCCNS(=O)(=O)c1cccc(C(=O)NC2(CN)CCCC2)c1. The van der Waals surface area contributed by atoms with Crippen LogP contribution >= 0.6 is 0 Å². The minimum absolute atomic E-state index is 0.0551. The maximum Gasteiger partial charge on any atom is 0.251 e. The number of nitrogens with two attached hydrogens (primary N) is 1. The third-order valence-electron chi connectivity index (χ3n) is 4.33. The topological polar surface area (TPSA) is 111 Å². The predicted octanol–water partition coefficient (Wildman–Crippen LogP) is 0.613. The Bertz CT molecular complexity index is 670. The standard InChI is InChI=1S/C16H25N3O4S/c1-23-10-9-18-24(21,22)14-6-4-5-13(11-14)15(20)19-16(12-17)7-2-3-8-16/h4-6,11,18H,2-3,7-10,12,17H2,1H3,(H,19,20). The van der Waals surface area contributed by atoms with E-state index in [9.17, 15) is 13.2 Å². The molecule has 0 bridgehead atoms. The lowest BCUT2D eigenvalue weighted by Crippen LogP contribution is -2.51. The Morgan fingerprint density at radius 2 is 2.04 bits per heavy atom. The van der Waals surface area contributed by atoms with Crippen LogP contribution in [0, 0.1) is 0 Å². The lowest BCUT2D eigenvalue weighted by atomic mass is 9.97. The lowest BCUT2D eigenvalue weighted by molar-refractivity contribution is 0.0903. The first-order valence-electron chi connectivity index (χ1n) is 8.04. The first kappa shape index (κ1) is 18.9. The van der Waals surface area contributed by atoms with E-state index in [4.69, 9.17) is 10.5 Å². The summed E-state index contributed by atoms with van der Waals surface area (Å²) in [6, 6.07) is 6.00. The number of carbonyl (C=O) groups is 1. The van der Waals surface area contributed by atoms with Gasteiger partial charge in [-0.05, 0) is 31.0 Å². The van der Waals surface area contributed by atoms with E-state index in [0.29, 0.717) is 12.1 Å². The maximum atomic E-state index is 12.5. The fourth-order valence-corrected chi connectivity index (χ4v) is 3.97.